The summed E-state index contributed by atoms with van der Waals surface area (Å²) >= 11 is 0. The number of Topliss-reactive ketones (excluding diaryl/α,β-unsaturated/α-hetero) is 1. The molecule has 1 aromatic heterocycles. The van der Waals surface area contributed by atoms with Gasteiger partial charge in [0.1, 0.15) is 6.15 Å². The topological polar surface area (TPSA) is 64.1 Å². The minimum absolute atomic E-state index is 0.0198. The van der Waals surface area contributed by atoms with Gasteiger partial charge in [-0.25, -0.2) is 0 Å². The van der Waals surface area contributed by atoms with E-state index in [9.17, 15) is 120 Å². The summed E-state index contributed by atoms with van der Waals surface area (Å²) in [7, 11) is 0. The van der Waals surface area contributed by atoms with E-state index in [1.165, 1.54) is 12.1 Å². The highest BCUT2D eigenvalue weighted by molar-refractivity contribution is 7.20. The lowest BCUT2D eigenvalue weighted by atomic mass is 9.12. The quantitative estimate of drug-likeness (QED) is 0.0361. The summed E-state index contributed by atoms with van der Waals surface area (Å²) in [6.07, 6.45) is -54.8. The molecule has 0 fully saturated rings. The summed E-state index contributed by atoms with van der Waals surface area (Å²) in [5.74, 6) is -0.0198. The normalized spacial score (nSPS) is 13.1. The van der Waals surface area contributed by atoms with Crippen molar-refractivity contribution in [1.29, 1.82) is 0 Å². The number of para-hydroxylation sites is 1. The number of hydrogen-bond donors (Lipinski definition) is 0. The first-order chi connectivity index (χ1) is 38.9. The van der Waals surface area contributed by atoms with Crippen LogP contribution in [-0.2, 0) is 56.0 Å². The number of aromatic nitrogens is 1. The summed E-state index contributed by atoms with van der Waals surface area (Å²) < 4.78 is 343. The Morgan fingerprint density at radius 2 is 0.694 bits per heavy atom. The van der Waals surface area contributed by atoms with Gasteiger partial charge in [0.15, 0.2) is 0 Å². The molecule has 0 aliphatic heterocycles. The van der Waals surface area contributed by atoms with Crippen LogP contribution < -0.4 is 26.4 Å². The van der Waals surface area contributed by atoms with Crippen molar-refractivity contribution >= 4 is 50.4 Å². The van der Waals surface area contributed by atoms with Gasteiger partial charge in [-0.15, -0.1) is 0 Å². The highest BCUT2D eigenvalue weighted by Crippen LogP contribution is 2.42. The number of nitrogens with zero attached hydrogens (tertiary/aromatic N) is 2. The monoisotopic (exact) mass is 1230 g/mol. The maximum Gasteiger partial charge on any atom is 0.416 e. The SMILES string of the molecule is FC(F)(F)c1cc([B-](c2cc(C(F)(F)F)cc(C(F)(F)F)c2)(c2cc(C(F)(F)F)cc(C(F)(F)F)c2)c2cc(C(F)(F)F)cc(C(F)(F)F)c2)cc(C(F)(F)F)c1.O=C(C[n+]1c(-c2cccc([N+](=O)[O-])c2)ccc2ccccc21)c1ccccc1. The number of fused-ring (bicyclic) bond motifs is 1. The molecule has 0 bridgehead atoms. The Labute approximate surface area is 460 Å². The number of nitro benzene ring substituents is 1. The molecule has 0 N–H and O–H groups in total. The number of non-ortho nitro benzene ring substituents is 1. The van der Waals surface area contributed by atoms with Gasteiger partial charge in [-0.2, -0.15) is 132 Å². The Balaban J connectivity index is 0.000000306. The predicted molar refractivity (Wildman–Crippen MR) is 257 cm³/mol. The van der Waals surface area contributed by atoms with Crippen LogP contribution >= 0.6 is 0 Å². The second-order valence-corrected chi connectivity index (χ2v) is 18.7. The molecule has 0 unspecified atom stereocenters. The average Bonchev–Trinajstić information content (AvgIpc) is 0.781. The maximum atomic E-state index is 14.2. The zero-order valence-corrected chi connectivity index (χ0v) is 41.6. The molecular formula is C55H29BF24N2O3. The first kappa shape index (κ1) is 64.0. The van der Waals surface area contributed by atoms with Gasteiger partial charge in [0.2, 0.25) is 23.5 Å². The third-order valence-corrected chi connectivity index (χ3v) is 13.1. The molecular weight excluding hydrogens is 1200 g/mol. The molecule has 0 spiro atoms. The number of hydrogen-bond acceptors (Lipinski definition) is 3. The summed E-state index contributed by atoms with van der Waals surface area (Å²) in [5, 5.41) is 12.2. The van der Waals surface area contributed by atoms with E-state index in [1.54, 1.807) is 18.2 Å². The largest absolute Gasteiger partial charge is 0.416 e. The van der Waals surface area contributed by atoms with Crippen molar-refractivity contribution in [2.75, 3.05) is 0 Å². The Kier molecular flexibility index (Phi) is 16.9. The van der Waals surface area contributed by atoms with E-state index in [-0.39, 0.29) is 18.0 Å². The zero-order chi connectivity index (χ0) is 63.4. The lowest BCUT2D eigenvalue weighted by molar-refractivity contribution is -0.646. The molecule has 7 aromatic carbocycles. The number of rotatable bonds is 9. The number of carbonyl (C=O) groups excluding carboxylic acids is 1. The van der Waals surface area contributed by atoms with E-state index < -0.39 is 200 Å². The Morgan fingerprint density at radius 3 is 1.01 bits per heavy atom. The van der Waals surface area contributed by atoms with Gasteiger partial charge in [-0.05, 0) is 42.5 Å². The van der Waals surface area contributed by atoms with Crippen molar-refractivity contribution < 1.29 is 120 Å². The van der Waals surface area contributed by atoms with Crippen LogP contribution in [0.4, 0.5) is 111 Å². The molecule has 8 aromatic rings. The van der Waals surface area contributed by atoms with Gasteiger partial charge in [-0.3, -0.25) is 14.9 Å². The van der Waals surface area contributed by atoms with Crippen LogP contribution in [0.25, 0.3) is 22.2 Å². The number of carbonyl (C=O) groups is 1. The molecule has 448 valence electrons. The third kappa shape index (κ3) is 14.2. The molecule has 5 nitrogen and oxygen atoms in total. The molecule has 8 rings (SSSR count). The van der Waals surface area contributed by atoms with Crippen LogP contribution in [0.2, 0.25) is 0 Å². The smallest absolute Gasteiger partial charge is 0.287 e. The standard InChI is InChI=1S/C32H12BF24.C23H17N2O3/c34-25(35,36)13-1-14(26(37,38)39)6-21(5-13)33(22-7-15(27(40,41)42)2-16(8-22)28(43,44)45,23-9-17(29(46,47)48)3-18(10-23)30(49,50)51)24-11-19(31(52,53)54)4-20(12-24)32(55,56)57;26-23(18-8-2-1-3-9-18)16-24-21-12-5-4-7-17(21)13-14-22(24)19-10-6-11-20(15-19)25(27)28/h1-12H;1-15H,16H2/q-1;+1. The second-order valence-electron chi connectivity index (χ2n) is 18.7. The molecule has 0 radical (unpaired) electrons. The molecule has 1 heterocycles. The molecule has 0 amide bonds. The molecule has 85 heavy (non-hydrogen) atoms. The summed E-state index contributed by atoms with van der Waals surface area (Å²) in [6, 6.07) is 18.5. The van der Waals surface area contributed by atoms with E-state index >= 15 is 0 Å². The second kappa shape index (κ2) is 22.4. The van der Waals surface area contributed by atoms with Crippen LogP contribution in [0.3, 0.4) is 0 Å². The van der Waals surface area contributed by atoms with Gasteiger partial charge < -0.3 is 0 Å². The summed E-state index contributed by atoms with van der Waals surface area (Å²) in [4.78, 5) is 23.7. The average molecular weight is 1230 g/mol. The lowest BCUT2D eigenvalue weighted by Gasteiger charge is -2.46. The third-order valence-electron chi connectivity index (χ3n) is 13.1. The predicted octanol–water partition coefficient (Wildman–Crippen LogP) is 15.8. The van der Waals surface area contributed by atoms with Crippen molar-refractivity contribution in [2.45, 2.75) is 56.0 Å². The molecule has 30 heteroatoms. The lowest BCUT2D eigenvalue weighted by Crippen LogP contribution is -2.75. The van der Waals surface area contributed by atoms with Gasteiger partial charge in [0.25, 0.3) is 5.69 Å². The van der Waals surface area contributed by atoms with Gasteiger partial charge in [0.05, 0.1) is 55.0 Å². The number of nitro groups is 1. The molecule has 0 atom stereocenters. The van der Waals surface area contributed by atoms with E-state index in [2.05, 4.69) is 0 Å². The first-order valence-electron chi connectivity index (χ1n) is 23.5. The molecule has 0 aliphatic carbocycles. The molecule has 0 aliphatic rings. The summed E-state index contributed by atoms with van der Waals surface area (Å²) in [6.45, 7) is 0.142. The number of halogens is 24. The first-order valence-corrected chi connectivity index (χ1v) is 23.5. The number of ketones is 1. The van der Waals surface area contributed by atoms with Gasteiger partial charge >= 0.3 is 49.4 Å². The fourth-order valence-electron chi connectivity index (χ4n) is 9.39. The van der Waals surface area contributed by atoms with E-state index in [0.717, 1.165) is 16.6 Å². The van der Waals surface area contributed by atoms with E-state index in [1.807, 2.05) is 65.2 Å². The Bertz CT molecular complexity index is 3380. The minimum Gasteiger partial charge on any atom is -0.287 e. The Morgan fingerprint density at radius 1 is 0.376 bits per heavy atom. The summed E-state index contributed by atoms with van der Waals surface area (Å²) in [5.41, 5.74) is -27.2. The van der Waals surface area contributed by atoms with Crippen LogP contribution in [0, 0.1) is 10.1 Å². The minimum atomic E-state index is -6.13. The number of pyridine rings is 1. The van der Waals surface area contributed by atoms with Crippen molar-refractivity contribution in [2.24, 2.45) is 0 Å². The van der Waals surface area contributed by atoms with Crippen LogP contribution in [-0.4, -0.2) is 16.9 Å². The van der Waals surface area contributed by atoms with E-state index in [4.69, 9.17) is 0 Å². The van der Waals surface area contributed by atoms with Gasteiger partial charge in [-0.1, -0.05) is 97.1 Å². The number of alkyl halides is 24. The van der Waals surface area contributed by atoms with Crippen LogP contribution in [0.5, 0.6) is 0 Å². The van der Waals surface area contributed by atoms with Crippen molar-refractivity contribution in [3.05, 3.63) is 224 Å². The molecule has 0 saturated heterocycles. The van der Waals surface area contributed by atoms with Crippen LogP contribution in [0.1, 0.15) is 54.9 Å². The van der Waals surface area contributed by atoms with Gasteiger partial charge in [0, 0.05) is 35.2 Å². The maximum absolute atomic E-state index is 14.2. The fraction of sp³-hybridized carbons (Fsp3) is 0.164. The van der Waals surface area contributed by atoms with Crippen molar-refractivity contribution in [3.8, 4) is 11.3 Å². The van der Waals surface area contributed by atoms with Crippen molar-refractivity contribution in [3.63, 3.8) is 0 Å². The zero-order valence-electron chi connectivity index (χ0n) is 41.6. The number of benzene rings is 7. The van der Waals surface area contributed by atoms with E-state index in [0.29, 0.717) is 11.1 Å². The fourth-order valence-corrected chi connectivity index (χ4v) is 9.39. The highest BCUT2D eigenvalue weighted by atomic mass is 19.4. The Hall–Kier alpha value is -8.60. The van der Waals surface area contributed by atoms with Crippen molar-refractivity contribution in [1.82, 2.24) is 0 Å². The van der Waals surface area contributed by atoms with Crippen LogP contribution in [0.15, 0.2) is 164 Å². The highest BCUT2D eigenvalue weighted by Gasteiger charge is 2.47. The molecule has 0 saturated carbocycles.